The minimum Gasteiger partial charge on any atom is -0.449 e. The van der Waals surface area contributed by atoms with Gasteiger partial charge in [-0.3, -0.25) is 14.7 Å². The fourth-order valence-corrected chi connectivity index (χ4v) is 4.61. The molecule has 0 saturated carbocycles. The van der Waals surface area contributed by atoms with E-state index in [4.69, 9.17) is 21.3 Å². The zero-order valence-electron chi connectivity index (χ0n) is 19.9. The maximum atomic E-state index is 13.6. The van der Waals surface area contributed by atoms with Gasteiger partial charge in [0.25, 0.3) is 5.91 Å². The lowest BCUT2D eigenvalue weighted by Crippen LogP contribution is -2.35. The first kappa shape index (κ1) is 24.2. The summed E-state index contributed by atoms with van der Waals surface area (Å²) in [6, 6.07) is 12.9. The number of carbonyl (C=O) groups is 2. The molecule has 2 heterocycles. The maximum absolute atomic E-state index is 13.6. The Kier molecular flexibility index (Phi) is 7.49. The molecule has 1 unspecified atom stereocenters. The number of anilines is 1. The van der Waals surface area contributed by atoms with E-state index in [1.165, 1.54) is 0 Å². The van der Waals surface area contributed by atoms with Crippen LogP contribution in [0.25, 0.3) is 10.9 Å². The zero-order valence-corrected chi connectivity index (χ0v) is 20.6. The van der Waals surface area contributed by atoms with Crippen LogP contribution in [-0.4, -0.2) is 41.0 Å². The van der Waals surface area contributed by atoms with Crippen LogP contribution >= 0.6 is 11.6 Å². The van der Waals surface area contributed by atoms with Gasteiger partial charge in [-0.1, -0.05) is 49.7 Å². The van der Waals surface area contributed by atoms with Crippen molar-refractivity contribution in [3.8, 4) is 0 Å². The Balaban J connectivity index is 1.64. The molecule has 7 heteroatoms. The maximum Gasteiger partial charge on any atom is 0.340 e. The first-order valence-corrected chi connectivity index (χ1v) is 12.2. The van der Waals surface area contributed by atoms with Gasteiger partial charge >= 0.3 is 5.97 Å². The number of nitrogens with zero attached hydrogens (tertiary/aromatic N) is 2. The van der Waals surface area contributed by atoms with E-state index in [1.54, 1.807) is 12.1 Å². The normalized spacial score (nSPS) is 14.5. The smallest absolute Gasteiger partial charge is 0.340 e. The molecule has 0 radical (unpaired) electrons. The number of nitrogens with one attached hydrogen (secondary N) is 1. The van der Waals surface area contributed by atoms with Crippen molar-refractivity contribution in [1.29, 1.82) is 0 Å². The fraction of sp³-hybridized carbons (Fsp3) is 0.370. The lowest BCUT2D eigenvalue weighted by molar-refractivity contribution is -0.124. The number of fused-ring (bicyclic) bond motifs is 2. The highest BCUT2D eigenvalue weighted by Crippen LogP contribution is 2.29. The number of amides is 1. The molecule has 0 aliphatic carbocycles. The van der Waals surface area contributed by atoms with Crippen LogP contribution in [0.4, 0.5) is 5.69 Å². The minimum atomic E-state index is -0.927. The number of aryl methyl sites for hydroxylation is 1. The number of esters is 1. The van der Waals surface area contributed by atoms with Gasteiger partial charge in [-0.05, 0) is 50.1 Å². The van der Waals surface area contributed by atoms with Crippen molar-refractivity contribution in [1.82, 2.24) is 9.88 Å². The molecule has 2 aromatic carbocycles. The second kappa shape index (κ2) is 10.5. The highest BCUT2D eigenvalue weighted by molar-refractivity contribution is 6.31. The average molecular weight is 480 g/mol. The van der Waals surface area contributed by atoms with Gasteiger partial charge < -0.3 is 10.1 Å². The molecule has 0 bridgehead atoms. The number of rotatable bonds is 7. The fourth-order valence-electron chi connectivity index (χ4n) is 4.44. The van der Waals surface area contributed by atoms with Crippen LogP contribution in [0.5, 0.6) is 0 Å². The van der Waals surface area contributed by atoms with Crippen molar-refractivity contribution in [2.24, 2.45) is 0 Å². The molecule has 6 nitrogen and oxygen atoms in total. The molecule has 178 valence electrons. The molecule has 1 N–H and O–H groups in total. The number of para-hydroxylation sites is 1. The number of hydrogen-bond donors (Lipinski definition) is 1. The summed E-state index contributed by atoms with van der Waals surface area (Å²) in [6.45, 7) is 8.38. The molecular formula is C27H30ClN3O3. The SMILES string of the molecule is CCCN1CCc2nc3ccccc3c(C(=O)OC(CC)C(=O)Nc3cc(Cl)ccc3C)c2C1. The number of halogens is 1. The summed E-state index contributed by atoms with van der Waals surface area (Å²) in [7, 11) is 0. The van der Waals surface area contributed by atoms with E-state index in [1.807, 2.05) is 44.2 Å². The third-order valence-electron chi connectivity index (χ3n) is 6.24. The molecule has 0 fully saturated rings. The van der Waals surface area contributed by atoms with E-state index in [9.17, 15) is 9.59 Å². The molecule has 1 aliphatic rings. The molecule has 3 aromatic rings. The number of aromatic nitrogens is 1. The summed E-state index contributed by atoms with van der Waals surface area (Å²) >= 11 is 6.09. The summed E-state index contributed by atoms with van der Waals surface area (Å²) in [5.74, 6) is -0.862. The predicted molar refractivity (Wildman–Crippen MR) is 135 cm³/mol. The van der Waals surface area contributed by atoms with E-state index in [0.717, 1.165) is 53.7 Å². The van der Waals surface area contributed by atoms with E-state index < -0.39 is 12.1 Å². The van der Waals surface area contributed by atoms with Crippen molar-refractivity contribution in [3.05, 3.63) is 69.9 Å². The van der Waals surface area contributed by atoms with Crippen LogP contribution in [-0.2, 0) is 22.5 Å². The van der Waals surface area contributed by atoms with Crippen molar-refractivity contribution in [3.63, 3.8) is 0 Å². The Morgan fingerprint density at radius 1 is 1.21 bits per heavy atom. The van der Waals surface area contributed by atoms with Crippen LogP contribution in [0.3, 0.4) is 0 Å². The van der Waals surface area contributed by atoms with Crippen LogP contribution < -0.4 is 5.32 Å². The van der Waals surface area contributed by atoms with Crippen molar-refractivity contribution in [2.45, 2.75) is 52.7 Å². The van der Waals surface area contributed by atoms with Crippen molar-refractivity contribution >= 4 is 40.1 Å². The van der Waals surface area contributed by atoms with Gasteiger partial charge in [-0.2, -0.15) is 0 Å². The Hall–Kier alpha value is -2.96. The summed E-state index contributed by atoms with van der Waals surface area (Å²) in [4.78, 5) is 33.8. The molecule has 1 aliphatic heterocycles. The van der Waals surface area contributed by atoms with Crippen LogP contribution in [0.2, 0.25) is 5.02 Å². The van der Waals surface area contributed by atoms with Crippen molar-refractivity contribution < 1.29 is 14.3 Å². The van der Waals surface area contributed by atoms with E-state index in [2.05, 4.69) is 17.1 Å². The third kappa shape index (κ3) is 5.08. The Morgan fingerprint density at radius 3 is 2.76 bits per heavy atom. The molecule has 1 amide bonds. The second-order valence-electron chi connectivity index (χ2n) is 8.71. The van der Waals surface area contributed by atoms with Crippen LogP contribution in [0, 0.1) is 6.92 Å². The average Bonchev–Trinajstić information content (AvgIpc) is 2.83. The number of benzene rings is 2. The highest BCUT2D eigenvalue weighted by atomic mass is 35.5. The standard InChI is InChI=1S/C27H30ClN3O3/c1-4-13-31-14-12-22-20(16-31)25(19-8-6-7-9-21(19)29-22)27(33)34-24(5-2)26(32)30-23-15-18(28)11-10-17(23)3/h6-11,15,24H,4-5,12-14,16H2,1-3H3,(H,30,32). The summed E-state index contributed by atoms with van der Waals surface area (Å²) < 4.78 is 5.83. The topological polar surface area (TPSA) is 71.5 Å². The first-order chi connectivity index (χ1) is 16.4. The lowest BCUT2D eigenvalue weighted by atomic mass is 9.95. The van der Waals surface area contributed by atoms with Gasteiger partial charge in [0.05, 0.1) is 11.1 Å². The molecule has 0 spiro atoms. The van der Waals surface area contributed by atoms with Gasteiger partial charge in [-0.15, -0.1) is 0 Å². The predicted octanol–water partition coefficient (Wildman–Crippen LogP) is 5.54. The third-order valence-corrected chi connectivity index (χ3v) is 6.47. The van der Waals surface area contributed by atoms with Crippen molar-refractivity contribution in [2.75, 3.05) is 18.4 Å². The Labute approximate surface area is 205 Å². The molecule has 34 heavy (non-hydrogen) atoms. The van der Waals surface area contributed by atoms with Gasteiger partial charge in [0.15, 0.2) is 6.10 Å². The van der Waals surface area contributed by atoms with Gasteiger partial charge in [-0.25, -0.2) is 4.79 Å². The first-order valence-electron chi connectivity index (χ1n) is 11.8. The van der Waals surface area contributed by atoms with Gasteiger partial charge in [0, 0.05) is 46.9 Å². The molecule has 0 saturated heterocycles. The Bertz CT molecular complexity index is 1230. The summed E-state index contributed by atoms with van der Waals surface area (Å²) in [5.41, 5.74) is 4.61. The van der Waals surface area contributed by atoms with E-state index in [-0.39, 0.29) is 5.91 Å². The van der Waals surface area contributed by atoms with Crippen LogP contribution in [0.15, 0.2) is 42.5 Å². The highest BCUT2D eigenvalue weighted by Gasteiger charge is 2.29. The molecular weight excluding hydrogens is 450 g/mol. The monoisotopic (exact) mass is 479 g/mol. The van der Waals surface area contributed by atoms with E-state index in [0.29, 0.717) is 29.2 Å². The zero-order chi connectivity index (χ0) is 24.2. The van der Waals surface area contributed by atoms with E-state index >= 15 is 0 Å². The lowest BCUT2D eigenvalue weighted by Gasteiger charge is -2.30. The molecule has 4 rings (SSSR count). The summed E-state index contributed by atoms with van der Waals surface area (Å²) in [5, 5.41) is 4.14. The molecule has 1 aromatic heterocycles. The molecule has 1 atom stereocenters. The summed E-state index contributed by atoms with van der Waals surface area (Å²) in [6.07, 6.45) is 1.25. The quantitative estimate of drug-likeness (QED) is 0.450. The number of hydrogen-bond acceptors (Lipinski definition) is 5. The number of ether oxygens (including phenoxy) is 1. The number of carbonyl (C=O) groups excluding carboxylic acids is 2. The Morgan fingerprint density at radius 2 is 2.00 bits per heavy atom. The van der Waals surface area contributed by atoms with Crippen LogP contribution in [0.1, 0.15) is 53.9 Å². The number of pyridine rings is 1. The largest absolute Gasteiger partial charge is 0.449 e. The van der Waals surface area contributed by atoms with Gasteiger partial charge in [0.2, 0.25) is 0 Å². The minimum absolute atomic E-state index is 0.352. The van der Waals surface area contributed by atoms with Gasteiger partial charge in [0.1, 0.15) is 0 Å². The second-order valence-corrected chi connectivity index (χ2v) is 9.14.